The van der Waals surface area contributed by atoms with Crippen LogP contribution in [0.15, 0.2) is 30.5 Å². The van der Waals surface area contributed by atoms with Crippen molar-refractivity contribution in [2.75, 3.05) is 37.9 Å². The van der Waals surface area contributed by atoms with Gasteiger partial charge in [-0.2, -0.15) is 4.98 Å². The van der Waals surface area contributed by atoms with Crippen molar-refractivity contribution in [3.05, 3.63) is 41.6 Å². The molecule has 0 spiro atoms. The Morgan fingerprint density at radius 1 is 1.17 bits per heavy atom. The first kappa shape index (κ1) is 21.9. The van der Waals surface area contributed by atoms with Crippen LogP contribution in [0.25, 0.3) is 11.0 Å². The highest BCUT2D eigenvalue weighted by atomic mass is 16.5. The SMILES string of the molecule is CCCCCNc1nc(N)nc2ccn(Cc3ccc(COCCN)cc3OC)c12. The Hall–Kier alpha value is -2.84. The van der Waals surface area contributed by atoms with E-state index in [0.29, 0.717) is 26.3 Å². The van der Waals surface area contributed by atoms with Crippen LogP contribution >= 0.6 is 0 Å². The third kappa shape index (κ3) is 5.40. The second-order valence-electron chi connectivity index (χ2n) is 7.23. The van der Waals surface area contributed by atoms with Crippen LogP contribution in [0.3, 0.4) is 0 Å². The molecule has 0 radical (unpaired) electrons. The van der Waals surface area contributed by atoms with Crippen molar-refractivity contribution in [3.63, 3.8) is 0 Å². The first-order valence-corrected chi connectivity index (χ1v) is 10.5. The number of fused-ring (bicyclic) bond motifs is 1. The molecule has 2 aromatic heterocycles. The fourth-order valence-electron chi connectivity index (χ4n) is 3.43. The van der Waals surface area contributed by atoms with Crippen LogP contribution < -0.4 is 21.5 Å². The molecular weight excluding hydrogens is 380 g/mol. The van der Waals surface area contributed by atoms with Gasteiger partial charge in [-0.3, -0.25) is 0 Å². The van der Waals surface area contributed by atoms with Gasteiger partial charge in [0.25, 0.3) is 0 Å². The molecule has 3 aromatic rings. The molecule has 30 heavy (non-hydrogen) atoms. The lowest BCUT2D eigenvalue weighted by atomic mass is 10.1. The summed E-state index contributed by atoms with van der Waals surface area (Å²) in [6.07, 6.45) is 5.44. The Kier molecular flexibility index (Phi) is 7.87. The number of benzene rings is 1. The van der Waals surface area contributed by atoms with Crippen molar-refractivity contribution >= 4 is 22.8 Å². The summed E-state index contributed by atoms with van der Waals surface area (Å²) in [5.41, 5.74) is 15.3. The molecule has 8 heteroatoms. The number of methoxy groups -OCH3 is 1. The Morgan fingerprint density at radius 3 is 2.80 bits per heavy atom. The maximum absolute atomic E-state index is 5.92. The molecule has 8 nitrogen and oxygen atoms in total. The van der Waals surface area contributed by atoms with Gasteiger partial charge in [-0.25, -0.2) is 4.98 Å². The quantitative estimate of drug-likeness (QED) is 0.392. The van der Waals surface area contributed by atoms with Gasteiger partial charge < -0.3 is 30.8 Å². The molecule has 5 N–H and O–H groups in total. The lowest BCUT2D eigenvalue weighted by Crippen LogP contribution is -2.10. The van der Waals surface area contributed by atoms with E-state index in [1.54, 1.807) is 7.11 Å². The summed E-state index contributed by atoms with van der Waals surface area (Å²) in [6.45, 7) is 5.24. The molecule has 0 saturated heterocycles. The van der Waals surface area contributed by atoms with Gasteiger partial charge in [0.2, 0.25) is 5.95 Å². The van der Waals surface area contributed by atoms with Gasteiger partial charge >= 0.3 is 0 Å². The monoisotopic (exact) mass is 412 g/mol. The number of hydrogen-bond acceptors (Lipinski definition) is 7. The Morgan fingerprint density at radius 2 is 2.03 bits per heavy atom. The molecule has 2 heterocycles. The zero-order valence-electron chi connectivity index (χ0n) is 17.9. The summed E-state index contributed by atoms with van der Waals surface area (Å²) in [6, 6.07) is 8.10. The number of nitrogen functional groups attached to an aromatic ring is 1. The van der Waals surface area contributed by atoms with E-state index in [1.807, 2.05) is 18.3 Å². The zero-order valence-corrected chi connectivity index (χ0v) is 17.9. The van der Waals surface area contributed by atoms with Crippen LogP contribution in [-0.4, -0.2) is 41.3 Å². The number of hydrogen-bond donors (Lipinski definition) is 3. The topological polar surface area (TPSA) is 113 Å². The smallest absolute Gasteiger partial charge is 0.222 e. The Balaban J connectivity index is 1.84. The predicted octanol–water partition coefficient (Wildman–Crippen LogP) is 3.15. The van der Waals surface area contributed by atoms with Crippen molar-refractivity contribution in [1.29, 1.82) is 0 Å². The molecule has 0 aliphatic rings. The molecule has 0 saturated carbocycles. The minimum absolute atomic E-state index is 0.276. The number of nitrogens with zero attached hydrogens (tertiary/aromatic N) is 3. The van der Waals surface area contributed by atoms with Gasteiger partial charge in [0.05, 0.1) is 32.4 Å². The van der Waals surface area contributed by atoms with E-state index >= 15 is 0 Å². The molecule has 1 aromatic carbocycles. The maximum atomic E-state index is 5.92. The number of ether oxygens (including phenoxy) is 2. The van der Waals surface area contributed by atoms with Gasteiger partial charge in [-0.05, 0) is 24.1 Å². The standard InChI is InChI=1S/C22H32N6O2/c1-3-4-5-10-25-21-20-18(26-22(24)27-21)8-11-28(20)14-17-7-6-16(13-19(17)29-2)15-30-12-9-23/h6-8,11,13H,3-5,9-10,12,14-15,23H2,1-2H3,(H3,24,25,26,27). The van der Waals surface area contributed by atoms with E-state index in [2.05, 4.69) is 38.9 Å². The van der Waals surface area contributed by atoms with Crippen molar-refractivity contribution in [3.8, 4) is 5.75 Å². The number of rotatable bonds is 12. The van der Waals surface area contributed by atoms with E-state index in [-0.39, 0.29) is 5.95 Å². The first-order chi connectivity index (χ1) is 14.7. The van der Waals surface area contributed by atoms with Crippen LogP contribution in [0.5, 0.6) is 5.75 Å². The summed E-state index contributed by atoms with van der Waals surface area (Å²) in [7, 11) is 1.68. The van der Waals surface area contributed by atoms with Crippen LogP contribution in [0.2, 0.25) is 0 Å². The maximum Gasteiger partial charge on any atom is 0.222 e. The lowest BCUT2D eigenvalue weighted by molar-refractivity contribution is 0.128. The zero-order chi connectivity index (χ0) is 21.3. The number of anilines is 2. The van der Waals surface area contributed by atoms with Gasteiger partial charge in [-0.1, -0.05) is 31.9 Å². The Bertz CT molecular complexity index is 956. The molecule has 162 valence electrons. The summed E-state index contributed by atoms with van der Waals surface area (Å²) >= 11 is 0. The largest absolute Gasteiger partial charge is 0.496 e. The number of unbranched alkanes of at least 4 members (excludes halogenated alkanes) is 2. The van der Waals surface area contributed by atoms with E-state index in [1.165, 1.54) is 12.8 Å². The third-order valence-corrected chi connectivity index (χ3v) is 4.92. The molecule has 0 aliphatic carbocycles. The molecule has 0 bridgehead atoms. The summed E-state index contributed by atoms with van der Waals surface area (Å²) in [5.74, 6) is 1.86. The van der Waals surface area contributed by atoms with Gasteiger partial charge in [0, 0.05) is 24.8 Å². The molecule has 0 atom stereocenters. The number of nitrogens with two attached hydrogens (primary N) is 2. The highest BCUT2D eigenvalue weighted by Crippen LogP contribution is 2.27. The highest BCUT2D eigenvalue weighted by molar-refractivity contribution is 5.87. The molecule has 0 amide bonds. The normalized spacial score (nSPS) is 11.2. The van der Waals surface area contributed by atoms with Gasteiger partial charge in [0.15, 0.2) is 5.82 Å². The number of aromatic nitrogens is 3. The summed E-state index contributed by atoms with van der Waals surface area (Å²) < 4.78 is 13.3. The van der Waals surface area contributed by atoms with E-state index in [9.17, 15) is 0 Å². The van der Waals surface area contributed by atoms with Gasteiger partial charge in [0.1, 0.15) is 11.3 Å². The molecular formula is C22H32N6O2. The number of nitrogens with one attached hydrogen (secondary N) is 1. The predicted molar refractivity (Wildman–Crippen MR) is 121 cm³/mol. The van der Waals surface area contributed by atoms with Crippen LogP contribution in [-0.2, 0) is 17.9 Å². The fraction of sp³-hybridized carbons (Fsp3) is 0.455. The van der Waals surface area contributed by atoms with Crippen LogP contribution in [0.1, 0.15) is 37.3 Å². The summed E-state index contributed by atoms with van der Waals surface area (Å²) in [5, 5.41) is 3.43. The Labute approximate surface area is 177 Å². The lowest BCUT2D eigenvalue weighted by Gasteiger charge is -2.14. The van der Waals surface area contributed by atoms with Crippen molar-refractivity contribution in [2.24, 2.45) is 5.73 Å². The second kappa shape index (κ2) is 10.8. The van der Waals surface area contributed by atoms with Crippen LogP contribution in [0.4, 0.5) is 11.8 Å². The minimum atomic E-state index is 0.276. The highest BCUT2D eigenvalue weighted by Gasteiger charge is 2.13. The molecule has 0 aliphatic heterocycles. The first-order valence-electron chi connectivity index (χ1n) is 10.5. The van der Waals surface area contributed by atoms with Crippen LogP contribution in [0, 0.1) is 0 Å². The van der Waals surface area contributed by atoms with Crippen molar-refractivity contribution < 1.29 is 9.47 Å². The summed E-state index contributed by atoms with van der Waals surface area (Å²) in [4.78, 5) is 8.84. The fourth-order valence-corrected chi connectivity index (χ4v) is 3.43. The molecule has 0 unspecified atom stereocenters. The van der Waals surface area contributed by atoms with Gasteiger partial charge in [-0.15, -0.1) is 0 Å². The van der Waals surface area contributed by atoms with E-state index in [0.717, 1.165) is 46.7 Å². The van der Waals surface area contributed by atoms with E-state index in [4.69, 9.17) is 20.9 Å². The van der Waals surface area contributed by atoms with Crippen molar-refractivity contribution in [1.82, 2.24) is 14.5 Å². The second-order valence-corrected chi connectivity index (χ2v) is 7.23. The minimum Gasteiger partial charge on any atom is -0.496 e. The molecule has 0 fully saturated rings. The van der Waals surface area contributed by atoms with E-state index < -0.39 is 0 Å². The third-order valence-electron chi connectivity index (χ3n) is 4.92. The van der Waals surface area contributed by atoms with Crippen molar-refractivity contribution in [2.45, 2.75) is 39.3 Å². The average molecular weight is 413 g/mol. The average Bonchev–Trinajstić information content (AvgIpc) is 3.14. The molecule has 3 rings (SSSR count).